The number of nitrogens with zero attached hydrogens (tertiary/aromatic N) is 2. The van der Waals surface area contributed by atoms with Gasteiger partial charge in [0, 0.05) is 35.6 Å². The normalized spacial score (nSPS) is 10.7. The summed E-state index contributed by atoms with van der Waals surface area (Å²) in [5.41, 5.74) is 7.21. The highest BCUT2D eigenvalue weighted by Gasteiger charge is 2.16. The van der Waals surface area contributed by atoms with Crippen LogP contribution in [0.25, 0.3) is 33.1 Å². The number of hydrogen-bond acceptors (Lipinski definition) is 2. The summed E-state index contributed by atoms with van der Waals surface area (Å²) in [6.45, 7) is 13.6. The average molecular weight is 402 g/mol. The molecule has 4 aromatic rings. The van der Waals surface area contributed by atoms with E-state index < -0.39 is 0 Å². The molecule has 0 aliphatic heterocycles. The third-order valence-electron chi connectivity index (χ3n) is 5.42. The maximum Gasteiger partial charge on any atom is 0.253 e. The van der Waals surface area contributed by atoms with E-state index in [0.717, 1.165) is 38.8 Å². The Bertz CT molecular complexity index is 1190. The molecule has 2 heterocycles. The number of hydrogen-bond donors (Lipinski definition) is 1. The number of aromatic nitrogens is 2. The number of aryl methyl sites for hydroxylation is 2. The van der Waals surface area contributed by atoms with Crippen molar-refractivity contribution in [3.63, 3.8) is 0 Å². The molecule has 2 aromatic carbocycles. The van der Waals surface area contributed by atoms with Crippen LogP contribution in [0.4, 0.5) is 0 Å². The molecule has 0 saturated carbocycles. The van der Waals surface area contributed by atoms with Crippen molar-refractivity contribution >= 4 is 27.8 Å². The van der Waals surface area contributed by atoms with Gasteiger partial charge in [0.1, 0.15) is 5.65 Å². The predicted octanol–water partition coefficient (Wildman–Crippen LogP) is 6.51. The molecule has 0 atom stereocenters. The van der Waals surface area contributed by atoms with Gasteiger partial charge in [-0.25, -0.2) is 4.98 Å². The first kappa shape index (κ1) is 21.6. The van der Waals surface area contributed by atoms with E-state index >= 15 is 0 Å². The smallest absolute Gasteiger partial charge is 0.253 e. The first-order chi connectivity index (χ1) is 14.5. The van der Waals surface area contributed by atoms with E-state index in [2.05, 4.69) is 48.1 Å². The lowest BCUT2D eigenvalue weighted by Crippen LogP contribution is -2.30. The highest BCUT2D eigenvalue weighted by molar-refractivity contribution is 6.14. The van der Waals surface area contributed by atoms with Crippen LogP contribution in [0.15, 0.2) is 48.7 Å². The lowest BCUT2D eigenvalue weighted by Gasteiger charge is -2.19. The Labute approximate surface area is 178 Å². The Balaban J connectivity index is 0.00000124. The largest absolute Gasteiger partial charge is 0.339 e. The van der Waals surface area contributed by atoms with Crippen molar-refractivity contribution in [2.45, 2.75) is 41.5 Å². The standard InChI is InChI=1S/C24H25N3O.C2H6/c1-5-27(6-2)24(28)18-9-7-8-17(13-18)19-11-10-16(4)22-21(19)20-12-15(3)14-25-23(20)26-22;1-2/h7-14H,5-6H2,1-4H3,(H,25,26);1-2H3. The lowest BCUT2D eigenvalue weighted by molar-refractivity contribution is 0.0773. The SMILES string of the molecule is CC.CCN(CC)C(=O)c1cccc(-c2ccc(C)c3[nH]c4ncc(C)cc4c23)c1. The van der Waals surface area contributed by atoms with Crippen LogP contribution in [0.2, 0.25) is 0 Å². The minimum absolute atomic E-state index is 0.0756. The number of carbonyl (C=O) groups is 1. The molecule has 0 spiro atoms. The molecular formula is C26H31N3O. The minimum Gasteiger partial charge on any atom is -0.339 e. The van der Waals surface area contributed by atoms with Crippen LogP contribution in [0.1, 0.15) is 49.2 Å². The van der Waals surface area contributed by atoms with Crippen LogP contribution in [0, 0.1) is 13.8 Å². The zero-order valence-corrected chi connectivity index (χ0v) is 18.8. The zero-order valence-electron chi connectivity index (χ0n) is 18.8. The van der Waals surface area contributed by atoms with Gasteiger partial charge >= 0.3 is 0 Å². The Morgan fingerprint density at radius 1 is 1.03 bits per heavy atom. The summed E-state index contributed by atoms with van der Waals surface area (Å²) in [5.74, 6) is 0.0756. The number of carbonyl (C=O) groups excluding carboxylic acids is 1. The molecule has 156 valence electrons. The molecule has 0 bridgehead atoms. The number of H-pyrrole nitrogens is 1. The molecule has 4 heteroatoms. The summed E-state index contributed by atoms with van der Waals surface area (Å²) < 4.78 is 0. The van der Waals surface area contributed by atoms with Crippen LogP contribution < -0.4 is 0 Å². The molecular weight excluding hydrogens is 370 g/mol. The second-order valence-electron chi connectivity index (χ2n) is 7.27. The molecule has 1 N–H and O–H groups in total. The summed E-state index contributed by atoms with van der Waals surface area (Å²) in [7, 11) is 0. The second-order valence-corrected chi connectivity index (χ2v) is 7.27. The van der Waals surface area contributed by atoms with Gasteiger partial charge in [-0.2, -0.15) is 0 Å². The van der Waals surface area contributed by atoms with Gasteiger partial charge < -0.3 is 9.88 Å². The fourth-order valence-electron chi connectivity index (χ4n) is 3.88. The van der Waals surface area contributed by atoms with Crippen molar-refractivity contribution in [3.8, 4) is 11.1 Å². The summed E-state index contributed by atoms with van der Waals surface area (Å²) in [6.07, 6.45) is 1.89. The number of fused-ring (bicyclic) bond motifs is 3. The molecule has 0 aliphatic rings. The molecule has 4 rings (SSSR count). The van der Waals surface area contributed by atoms with Gasteiger partial charge in [0.2, 0.25) is 0 Å². The molecule has 0 unspecified atom stereocenters. The molecule has 2 aromatic heterocycles. The van der Waals surface area contributed by atoms with E-state index in [9.17, 15) is 4.79 Å². The first-order valence-electron chi connectivity index (χ1n) is 10.8. The molecule has 0 fully saturated rings. The van der Waals surface area contributed by atoms with E-state index in [4.69, 9.17) is 0 Å². The van der Waals surface area contributed by atoms with Crippen LogP contribution in [0.3, 0.4) is 0 Å². The Morgan fingerprint density at radius 2 is 1.77 bits per heavy atom. The van der Waals surface area contributed by atoms with Crippen molar-refractivity contribution in [1.82, 2.24) is 14.9 Å². The summed E-state index contributed by atoms with van der Waals surface area (Å²) in [6, 6.07) is 14.4. The first-order valence-corrected chi connectivity index (χ1v) is 10.8. The predicted molar refractivity (Wildman–Crippen MR) is 127 cm³/mol. The monoisotopic (exact) mass is 401 g/mol. The van der Waals surface area contributed by atoms with Gasteiger partial charge in [-0.05, 0) is 68.1 Å². The maximum absolute atomic E-state index is 12.8. The van der Waals surface area contributed by atoms with E-state index in [0.29, 0.717) is 13.1 Å². The van der Waals surface area contributed by atoms with E-state index in [-0.39, 0.29) is 5.91 Å². The highest BCUT2D eigenvalue weighted by atomic mass is 16.2. The third-order valence-corrected chi connectivity index (χ3v) is 5.42. The van der Waals surface area contributed by atoms with Crippen LogP contribution >= 0.6 is 0 Å². The average Bonchev–Trinajstić information content (AvgIpc) is 3.16. The van der Waals surface area contributed by atoms with Crippen molar-refractivity contribution in [2.24, 2.45) is 0 Å². The molecule has 30 heavy (non-hydrogen) atoms. The van der Waals surface area contributed by atoms with Crippen LogP contribution in [0.5, 0.6) is 0 Å². The van der Waals surface area contributed by atoms with Crippen LogP contribution in [-0.2, 0) is 0 Å². The Hall–Kier alpha value is -3.14. The van der Waals surface area contributed by atoms with Crippen LogP contribution in [-0.4, -0.2) is 33.9 Å². The number of pyridine rings is 1. The Kier molecular flexibility index (Phi) is 6.56. The number of aromatic amines is 1. The molecule has 0 radical (unpaired) electrons. The summed E-state index contributed by atoms with van der Waals surface area (Å²) in [5, 5.41) is 2.29. The number of amides is 1. The van der Waals surface area contributed by atoms with Gasteiger partial charge in [0.15, 0.2) is 0 Å². The highest BCUT2D eigenvalue weighted by Crippen LogP contribution is 2.36. The topological polar surface area (TPSA) is 49.0 Å². The van der Waals surface area contributed by atoms with Gasteiger partial charge in [0.25, 0.3) is 5.91 Å². The molecule has 0 saturated heterocycles. The van der Waals surface area contributed by atoms with Crippen molar-refractivity contribution in [3.05, 3.63) is 65.4 Å². The lowest BCUT2D eigenvalue weighted by atomic mass is 9.96. The fraction of sp³-hybridized carbons (Fsp3) is 0.308. The fourth-order valence-corrected chi connectivity index (χ4v) is 3.88. The van der Waals surface area contributed by atoms with Gasteiger partial charge in [-0.1, -0.05) is 38.1 Å². The third kappa shape index (κ3) is 3.82. The van der Waals surface area contributed by atoms with Gasteiger partial charge in [0.05, 0.1) is 5.52 Å². The molecule has 1 amide bonds. The number of benzene rings is 2. The number of rotatable bonds is 4. The van der Waals surface area contributed by atoms with Crippen molar-refractivity contribution < 1.29 is 4.79 Å². The molecule has 4 nitrogen and oxygen atoms in total. The van der Waals surface area contributed by atoms with E-state index in [1.807, 2.05) is 57.0 Å². The van der Waals surface area contributed by atoms with Crippen molar-refractivity contribution in [1.29, 1.82) is 0 Å². The van der Waals surface area contributed by atoms with E-state index in [1.165, 1.54) is 10.9 Å². The summed E-state index contributed by atoms with van der Waals surface area (Å²) in [4.78, 5) is 22.7. The Morgan fingerprint density at radius 3 is 2.47 bits per heavy atom. The molecule has 0 aliphatic carbocycles. The maximum atomic E-state index is 12.8. The quantitative estimate of drug-likeness (QED) is 0.424. The van der Waals surface area contributed by atoms with Gasteiger partial charge in [-0.3, -0.25) is 4.79 Å². The second kappa shape index (κ2) is 9.12. The summed E-state index contributed by atoms with van der Waals surface area (Å²) >= 11 is 0. The zero-order chi connectivity index (χ0) is 21.8. The van der Waals surface area contributed by atoms with Gasteiger partial charge in [-0.15, -0.1) is 0 Å². The minimum atomic E-state index is 0.0756. The van der Waals surface area contributed by atoms with E-state index in [1.54, 1.807) is 0 Å². The van der Waals surface area contributed by atoms with Crippen molar-refractivity contribution in [2.75, 3.05) is 13.1 Å². The number of nitrogens with one attached hydrogen (secondary N) is 1.